The van der Waals surface area contributed by atoms with Gasteiger partial charge < -0.3 is 10.4 Å². The van der Waals surface area contributed by atoms with E-state index in [9.17, 15) is 9.18 Å². The van der Waals surface area contributed by atoms with Gasteiger partial charge in [0.1, 0.15) is 5.82 Å². The van der Waals surface area contributed by atoms with Gasteiger partial charge in [-0.25, -0.2) is 4.39 Å². The van der Waals surface area contributed by atoms with Crippen LogP contribution in [-0.4, -0.2) is 23.7 Å². The topological polar surface area (TPSA) is 49.3 Å². The smallest absolute Gasteiger partial charge is 0.254 e. The maximum Gasteiger partial charge on any atom is 0.254 e. The Balaban J connectivity index is 2.74. The summed E-state index contributed by atoms with van der Waals surface area (Å²) in [4.78, 5) is 11.4. The van der Waals surface area contributed by atoms with Crippen molar-refractivity contribution >= 4 is 21.8 Å². The Morgan fingerprint density at radius 1 is 1.67 bits per heavy atom. The number of aliphatic hydroxyl groups excluding tert-OH is 1. The van der Waals surface area contributed by atoms with Gasteiger partial charge in [-0.2, -0.15) is 0 Å². The van der Waals surface area contributed by atoms with E-state index < -0.39 is 17.8 Å². The Kier molecular flexibility index (Phi) is 4.23. The molecule has 3 nitrogen and oxygen atoms in total. The van der Waals surface area contributed by atoms with E-state index in [2.05, 4.69) is 21.2 Å². The first kappa shape index (κ1) is 12.1. The minimum atomic E-state index is -0.646. The van der Waals surface area contributed by atoms with Crippen LogP contribution < -0.4 is 5.32 Å². The van der Waals surface area contributed by atoms with E-state index in [1.54, 1.807) is 6.07 Å². The Morgan fingerprint density at radius 3 is 2.87 bits per heavy atom. The number of nitrogens with one attached hydrogen (secondary N) is 1. The van der Waals surface area contributed by atoms with Crippen LogP contribution in [0.25, 0.3) is 0 Å². The zero-order valence-corrected chi connectivity index (χ0v) is 9.71. The third kappa shape index (κ3) is 3.60. The van der Waals surface area contributed by atoms with Gasteiger partial charge in [-0.3, -0.25) is 4.79 Å². The maximum absolute atomic E-state index is 13.3. The van der Waals surface area contributed by atoms with Gasteiger partial charge in [-0.15, -0.1) is 0 Å². The second-order valence-corrected chi connectivity index (χ2v) is 4.10. The van der Waals surface area contributed by atoms with Crippen molar-refractivity contribution in [2.24, 2.45) is 0 Å². The Labute approximate surface area is 95.4 Å². The normalized spacial score (nSPS) is 12.3. The van der Waals surface area contributed by atoms with E-state index in [0.29, 0.717) is 4.47 Å². The van der Waals surface area contributed by atoms with Gasteiger partial charge in [0.15, 0.2) is 0 Å². The molecule has 1 atom stereocenters. The number of hydrogen-bond acceptors (Lipinski definition) is 2. The quantitative estimate of drug-likeness (QED) is 0.882. The summed E-state index contributed by atoms with van der Waals surface area (Å²) < 4.78 is 13.8. The molecule has 1 amide bonds. The van der Waals surface area contributed by atoms with E-state index in [4.69, 9.17) is 5.11 Å². The van der Waals surface area contributed by atoms with Crippen molar-refractivity contribution < 1.29 is 14.3 Å². The van der Waals surface area contributed by atoms with Gasteiger partial charge >= 0.3 is 0 Å². The molecule has 0 bridgehead atoms. The molecule has 0 radical (unpaired) electrons. The van der Waals surface area contributed by atoms with Gasteiger partial charge in [0.2, 0.25) is 0 Å². The molecule has 5 heteroatoms. The number of halogens is 2. The molecule has 0 aliphatic rings. The molecule has 15 heavy (non-hydrogen) atoms. The summed E-state index contributed by atoms with van der Waals surface area (Å²) in [7, 11) is 0. The SMILES string of the molecule is C[C@H](O)CNC(=O)c1ccc(Br)cc1F. The van der Waals surface area contributed by atoms with E-state index in [0.717, 1.165) is 0 Å². The molecule has 0 saturated heterocycles. The molecule has 1 aromatic carbocycles. The molecule has 1 rings (SSSR count). The fourth-order valence-electron chi connectivity index (χ4n) is 1.01. The van der Waals surface area contributed by atoms with Crippen molar-refractivity contribution in [2.45, 2.75) is 13.0 Å². The van der Waals surface area contributed by atoms with Crippen LogP contribution in [0.5, 0.6) is 0 Å². The fraction of sp³-hybridized carbons (Fsp3) is 0.300. The number of carbonyl (C=O) groups is 1. The summed E-state index contributed by atoms with van der Waals surface area (Å²) in [6, 6.07) is 4.19. The number of rotatable bonds is 3. The molecule has 0 aliphatic heterocycles. The van der Waals surface area contributed by atoms with Crippen LogP contribution in [0.3, 0.4) is 0 Å². The summed E-state index contributed by atoms with van der Waals surface area (Å²) in [5.41, 5.74) is -0.0288. The van der Waals surface area contributed by atoms with Gasteiger partial charge in [-0.1, -0.05) is 15.9 Å². The highest BCUT2D eigenvalue weighted by molar-refractivity contribution is 9.10. The average Bonchev–Trinajstić information content (AvgIpc) is 2.14. The van der Waals surface area contributed by atoms with Gasteiger partial charge in [0, 0.05) is 11.0 Å². The average molecular weight is 276 g/mol. The zero-order chi connectivity index (χ0) is 11.4. The Morgan fingerprint density at radius 2 is 2.33 bits per heavy atom. The van der Waals surface area contributed by atoms with Crippen molar-refractivity contribution in [3.05, 3.63) is 34.1 Å². The zero-order valence-electron chi connectivity index (χ0n) is 8.13. The van der Waals surface area contributed by atoms with Gasteiger partial charge in [-0.05, 0) is 25.1 Å². The molecule has 0 unspecified atom stereocenters. The molecule has 0 aliphatic carbocycles. The van der Waals surface area contributed by atoms with Crippen LogP contribution in [0.15, 0.2) is 22.7 Å². The lowest BCUT2D eigenvalue weighted by Crippen LogP contribution is -2.31. The van der Waals surface area contributed by atoms with Crippen LogP contribution >= 0.6 is 15.9 Å². The van der Waals surface area contributed by atoms with Gasteiger partial charge in [0.25, 0.3) is 5.91 Å². The van der Waals surface area contributed by atoms with Crippen LogP contribution in [0, 0.1) is 5.82 Å². The molecule has 0 heterocycles. The maximum atomic E-state index is 13.3. The number of hydrogen-bond donors (Lipinski definition) is 2. The highest BCUT2D eigenvalue weighted by Gasteiger charge is 2.11. The summed E-state index contributed by atoms with van der Waals surface area (Å²) >= 11 is 3.10. The minimum Gasteiger partial charge on any atom is -0.392 e. The largest absolute Gasteiger partial charge is 0.392 e. The predicted octanol–water partition coefficient (Wildman–Crippen LogP) is 1.70. The first-order valence-corrected chi connectivity index (χ1v) is 5.21. The Hall–Kier alpha value is -0.940. The van der Waals surface area contributed by atoms with E-state index in [1.807, 2.05) is 0 Å². The van der Waals surface area contributed by atoms with Crippen molar-refractivity contribution in [1.29, 1.82) is 0 Å². The summed E-state index contributed by atoms with van der Waals surface area (Å²) in [6.45, 7) is 1.65. The third-order valence-corrected chi connectivity index (χ3v) is 2.23. The summed E-state index contributed by atoms with van der Waals surface area (Å²) in [5.74, 6) is -1.12. The lowest BCUT2D eigenvalue weighted by molar-refractivity contribution is 0.0920. The second-order valence-electron chi connectivity index (χ2n) is 3.18. The molecule has 82 valence electrons. The number of benzene rings is 1. The summed E-state index contributed by atoms with van der Waals surface area (Å²) in [6.07, 6.45) is -0.646. The van der Waals surface area contributed by atoms with E-state index >= 15 is 0 Å². The molecular weight excluding hydrogens is 265 g/mol. The first-order chi connectivity index (χ1) is 7.00. The summed E-state index contributed by atoms with van der Waals surface area (Å²) in [5, 5.41) is 11.4. The number of aliphatic hydroxyl groups is 1. The standard InChI is InChI=1S/C10H11BrFNO2/c1-6(14)5-13-10(15)8-3-2-7(11)4-9(8)12/h2-4,6,14H,5H2,1H3,(H,13,15)/t6-/m0/s1. The van der Waals surface area contributed by atoms with E-state index in [-0.39, 0.29) is 12.1 Å². The first-order valence-electron chi connectivity index (χ1n) is 4.42. The Bertz CT molecular complexity index is 368. The lowest BCUT2D eigenvalue weighted by Gasteiger charge is -2.07. The second kappa shape index (κ2) is 5.23. The molecule has 0 saturated carbocycles. The molecule has 0 aromatic heterocycles. The molecule has 0 fully saturated rings. The van der Waals surface area contributed by atoms with Crippen molar-refractivity contribution in [3.63, 3.8) is 0 Å². The van der Waals surface area contributed by atoms with Crippen LogP contribution in [0.2, 0.25) is 0 Å². The molecule has 0 spiro atoms. The van der Waals surface area contributed by atoms with Crippen LogP contribution in [-0.2, 0) is 0 Å². The predicted molar refractivity (Wildman–Crippen MR) is 58.1 cm³/mol. The highest BCUT2D eigenvalue weighted by atomic mass is 79.9. The number of amides is 1. The van der Waals surface area contributed by atoms with Crippen LogP contribution in [0.1, 0.15) is 17.3 Å². The van der Waals surface area contributed by atoms with Gasteiger partial charge in [0.05, 0.1) is 11.7 Å². The fourth-order valence-corrected chi connectivity index (χ4v) is 1.34. The third-order valence-electron chi connectivity index (χ3n) is 1.73. The highest BCUT2D eigenvalue weighted by Crippen LogP contribution is 2.14. The lowest BCUT2D eigenvalue weighted by atomic mass is 10.2. The van der Waals surface area contributed by atoms with Crippen molar-refractivity contribution in [3.8, 4) is 0 Å². The molecule has 2 N–H and O–H groups in total. The molecular formula is C10H11BrFNO2. The van der Waals surface area contributed by atoms with Crippen molar-refractivity contribution in [1.82, 2.24) is 5.32 Å². The van der Waals surface area contributed by atoms with E-state index in [1.165, 1.54) is 19.1 Å². The minimum absolute atomic E-state index is 0.0288. The molecule has 1 aromatic rings. The monoisotopic (exact) mass is 275 g/mol. The van der Waals surface area contributed by atoms with Crippen LogP contribution in [0.4, 0.5) is 4.39 Å². The van der Waals surface area contributed by atoms with Crippen molar-refractivity contribution in [2.75, 3.05) is 6.54 Å². The number of carbonyl (C=O) groups excluding carboxylic acids is 1.